The third kappa shape index (κ3) is 5.04. The summed E-state index contributed by atoms with van der Waals surface area (Å²) in [6.07, 6.45) is 0.911. The van der Waals surface area contributed by atoms with Gasteiger partial charge in [0, 0.05) is 6.04 Å². The van der Waals surface area contributed by atoms with E-state index in [1.54, 1.807) is 6.07 Å². The highest BCUT2D eigenvalue weighted by Gasteiger charge is 2.27. The van der Waals surface area contributed by atoms with Crippen molar-refractivity contribution in [2.45, 2.75) is 50.7 Å². The van der Waals surface area contributed by atoms with Gasteiger partial charge in [-0.15, -0.1) is 0 Å². The van der Waals surface area contributed by atoms with E-state index in [-0.39, 0.29) is 16.8 Å². The van der Waals surface area contributed by atoms with E-state index in [4.69, 9.17) is 4.74 Å². The number of esters is 1. The van der Waals surface area contributed by atoms with Crippen LogP contribution in [0.25, 0.3) is 0 Å². The molecule has 8 heteroatoms. The monoisotopic (exact) mass is 354 g/mol. The summed E-state index contributed by atoms with van der Waals surface area (Å²) in [5.41, 5.74) is 1.81. The molecular formula is C16H22N2O5S. The lowest BCUT2D eigenvalue weighted by molar-refractivity contribution is -0.153. The lowest BCUT2D eigenvalue weighted by Gasteiger charge is -2.13. The zero-order valence-corrected chi connectivity index (χ0v) is 14.8. The summed E-state index contributed by atoms with van der Waals surface area (Å²) in [5, 5.41) is 2.71. The van der Waals surface area contributed by atoms with Crippen molar-refractivity contribution in [3.05, 3.63) is 29.3 Å². The molecule has 1 amide bonds. The van der Waals surface area contributed by atoms with Crippen molar-refractivity contribution in [3.63, 3.8) is 0 Å². The Hall–Kier alpha value is -1.93. The van der Waals surface area contributed by atoms with Gasteiger partial charge in [-0.05, 0) is 56.9 Å². The Morgan fingerprint density at radius 3 is 2.50 bits per heavy atom. The van der Waals surface area contributed by atoms with Crippen LogP contribution in [0, 0.1) is 13.8 Å². The highest BCUT2D eigenvalue weighted by atomic mass is 32.2. The number of ether oxygens (including phenoxy) is 1. The van der Waals surface area contributed by atoms with Crippen molar-refractivity contribution in [2.75, 3.05) is 6.54 Å². The van der Waals surface area contributed by atoms with Gasteiger partial charge in [-0.25, -0.2) is 8.42 Å². The van der Waals surface area contributed by atoms with Gasteiger partial charge in [-0.3, -0.25) is 9.59 Å². The Morgan fingerprint density at radius 2 is 1.92 bits per heavy atom. The second-order valence-electron chi connectivity index (χ2n) is 5.99. The zero-order chi connectivity index (χ0) is 17.9. The van der Waals surface area contributed by atoms with Gasteiger partial charge in [0.25, 0.3) is 5.91 Å². The van der Waals surface area contributed by atoms with Crippen LogP contribution < -0.4 is 10.0 Å². The van der Waals surface area contributed by atoms with Crippen molar-refractivity contribution in [1.29, 1.82) is 0 Å². The Balaban J connectivity index is 1.87. The molecule has 0 radical (unpaired) electrons. The van der Waals surface area contributed by atoms with Gasteiger partial charge >= 0.3 is 5.97 Å². The molecule has 0 spiro atoms. The summed E-state index contributed by atoms with van der Waals surface area (Å²) in [4.78, 5) is 23.5. The maximum atomic E-state index is 12.2. The van der Waals surface area contributed by atoms with Gasteiger partial charge in [-0.1, -0.05) is 6.07 Å². The fraction of sp³-hybridized carbons (Fsp3) is 0.500. The first-order chi connectivity index (χ1) is 11.2. The fourth-order valence-electron chi connectivity index (χ4n) is 1.96. The minimum absolute atomic E-state index is 0.0814. The molecule has 0 heterocycles. The molecule has 24 heavy (non-hydrogen) atoms. The molecule has 132 valence electrons. The predicted molar refractivity (Wildman–Crippen MR) is 87.8 cm³/mol. The molecule has 0 saturated heterocycles. The number of amides is 1. The van der Waals surface area contributed by atoms with Gasteiger partial charge < -0.3 is 10.1 Å². The largest absolute Gasteiger partial charge is 0.452 e. The number of benzene rings is 1. The Kier molecular flexibility index (Phi) is 5.61. The molecule has 1 aromatic rings. The van der Waals surface area contributed by atoms with Crippen LogP contribution in [0.2, 0.25) is 0 Å². The number of sulfonamides is 1. The first-order valence-corrected chi connectivity index (χ1v) is 9.24. The highest BCUT2D eigenvalue weighted by Crippen LogP contribution is 2.18. The van der Waals surface area contributed by atoms with E-state index in [0.717, 1.165) is 24.0 Å². The molecule has 1 fully saturated rings. The van der Waals surface area contributed by atoms with E-state index in [9.17, 15) is 18.0 Å². The van der Waals surface area contributed by atoms with Gasteiger partial charge in [0.05, 0.1) is 4.90 Å². The number of aryl methyl sites for hydroxylation is 2. The standard InChI is InChI=1S/C16H22N2O5S/c1-10-4-7-14(8-11(10)2)24(21,22)17-9-15(19)23-12(3)16(20)18-13-5-6-13/h4,7-8,12-13,17H,5-6,9H2,1-3H3,(H,18,20)/t12-/m0/s1. The molecule has 1 atom stereocenters. The first kappa shape index (κ1) is 18.4. The molecule has 0 aromatic heterocycles. The number of carbonyl (C=O) groups is 2. The summed E-state index contributed by atoms with van der Waals surface area (Å²) in [6, 6.07) is 4.88. The maximum absolute atomic E-state index is 12.2. The number of nitrogens with one attached hydrogen (secondary N) is 2. The molecule has 2 N–H and O–H groups in total. The molecule has 7 nitrogen and oxygen atoms in total. The summed E-state index contributed by atoms with van der Waals surface area (Å²) in [7, 11) is -3.81. The van der Waals surface area contributed by atoms with E-state index in [1.807, 2.05) is 13.8 Å². The van der Waals surface area contributed by atoms with Crippen LogP contribution in [0.5, 0.6) is 0 Å². The predicted octanol–water partition coefficient (Wildman–Crippen LogP) is 0.792. The highest BCUT2D eigenvalue weighted by molar-refractivity contribution is 7.89. The van der Waals surface area contributed by atoms with Crippen molar-refractivity contribution >= 4 is 21.9 Å². The van der Waals surface area contributed by atoms with E-state index in [2.05, 4.69) is 10.0 Å². The van der Waals surface area contributed by atoms with Crippen LogP contribution in [0.3, 0.4) is 0 Å². The molecule has 0 aliphatic heterocycles. The SMILES string of the molecule is Cc1ccc(S(=O)(=O)NCC(=O)O[C@@H](C)C(=O)NC2CC2)cc1C. The van der Waals surface area contributed by atoms with Gasteiger partial charge in [0.1, 0.15) is 6.54 Å². The minimum Gasteiger partial charge on any atom is -0.452 e. The molecule has 1 aliphatic rings. The number of hydrogen-bond acceptors (Lipinski definition) is 5. The molecule has 0 bridgehead atoms. The van der Waals surface area contributed by atoms with E-state index < -0.39 is 28.6 Å². The average Bonchev–Trinajstić information content (AvgIpc) is 3.31. The fourth-order valence-corrected chi connectivity index (χ4v) is 3.01. The van der Waals surface area contributed by atoms with Gasteiger partial charge in [0.2, 0.25) is 10.0 Å². The summed E-state index contributed by atoms with van der Waals surface area (Å²) < 4.78 is 31.5. The quantitative estimate of drug-likeness (QED) is 0.705. The normalized spacial score (nSPS) is 15.6. The second-order valence-corrected chi connectivity index (χ2v) is 7.75. The van der Waals surface area contributed by atoms with E-state index in [0.29, 0.717) is 0 Å². The number of rotatable bonds is 7. The third-order valence-electron chi connectivity index (χ3n) is 3.80. The van der Waals surface area contributed by atoms with Gasteiger partial charge in [0.15, 0.2) is 6.10 Å². The molecule has 1 saturated carbocycles. The number of carbonyl (C=O) groups excluding carboxylic acids is 2. The zero-order valence-electron chi connectivity index (χ0n) is 14.0. The van der Waals surface area contributed by atoms with Crippen molar-refractivity contribution in [3.8, 4) is 0 Å². The summed E-state index contributed by atoms with van der Waals surface area (Å²) in [6.45, 7) is 4.61. The molecular weight excluding hydrogens is 332 g/mol. The topological polar surface area (TPSA) is 102 Å². The Morgan fingerprint density at radius 1 is 1.25 bits per heavy atom. The van der Waals surface area contributed by atoms with Crippen LogP contribution in [0.1, 0.15) is 30.9 Å². The smallest absolute Gasteiger partial charge is 0.321 e. The van der Waals surface area contributed by atoms with Crippen molar-refractivity contribution < 1.29 is 22.7 Å². The lowest BCUT2D eigenvalue weighted by atomic mass is 10.1. The second kappa shape index (κ2) is 7.31. The van der Waals surface area contributed by atoms with E-state index in [1.165, 1.54) is 19.1 Å². The third-order valence-corrected chi connectivity index (χ3v) is 5.20. The van der Waals surface area contributed by atoms with Crippen LogP contribution in [0.15, 0.2) is 23.1 Å². The summed E-state index contributed by atoms with van der Waals surface area (Å²) >= 11 is 0. The van der Waals surface area contributed by atoms with Crippen LogP contribution in [-0.2, 0) is 24.3 Å². The molecule has 2 rings (SSSR count). The van der Waals surface area contributed by atoms with Crippen LogP contribution in [0.4, 0.5) is 0 Å². The average molecular weight is 354 g/mol. The minimum atomic E-state index is -3.81. The number of hydrogen-bond donors (Lipinski definition) is 2. The van der Waals surface area contributed by atoms with Crippen LogP contribution >= 0.6 is 0 Å². The maximum Gasteiger partial charge on any atom is 0.321 e. The summed E-state index contributed by atoms with van der Waals surface area (Å²) in [5.74, 6) is -1.18. The van der Waals surface area contributed by atoms with E-state index >= 15 is 0 Å². The molecule has 0 unspecified atom stereocenters. The Bertz CT molecular complexity index is 741. The van der Waals surface area contributed by atoms with Crippen molar-refractivity contribution in [2.24, 2.45) is 0 Å². The molecule has 1 aromatic carbocycles. The lowest BCUT2D eigenvalue weighted by Crippen LogP contribution is -2.39. The van der Waals surface area contributed by atoms with Crippen molar-refractivity contribution in [1.82, 2.24) is 10.0 Å². The van der Waals surface area contributed by atoms with Crippen LogP contribution in [-0.4, -0.2) is 39.0 Å². The Labute approximate surface area is 141 Å². The first-order valence-electron chi connectivity index (χ1n) is 7.76. The van der Waals surface area contributed by atoms with Gasteiger partial charge in [-0.2, -0.15) is 4.72 Å². The molecule has 1 aliphatic carbocycles.